The van der Waals surface area contributed by atoms with E-state index in [1.165, 1.54) is 7.11 Å². The maximum absolute atomic E-state index is 10.4. The number of rotatable bonds is 4. The molecular formula is C5H11NO4S. The first-order valence-corrected chi connectivity index (χ1v) is 4.67. The Morgan fingerprint density at radius 1 is 1.64 bits per heavy atom. The van der Waals surface area contributed by atoms with Crippen LogP contribution in [0.15, 0.2) is 0 Å². The topological polar surface area (TPSA) is 75.6 Å². The summed E-state index contributed by atoms with van der Waals surface area (Å²) in [6, 6.07) is 0. The highest BCUT2D eigenvalue weighted by atomic mass is 32.2. The van der Waals surface area contributed by atoms with Crippen LogP contribution in [0.4, 0.5) is 0 Å². The Morgan fingerprint density at radius 3 is 2.45 bits per heavy atom. The van der Waals surface area contributed by atoms with Gasteiger partial charge in [0.2, 0.25) is 0 Å². The second kappa shape index (κ2) is 2.71. The van der Waals surface area contributed by atoms with Crippen LogP contribution in [-0.4, -0.2) is 32.2 Å². The molecule has 1 fully saturated rings. The first kappa shape index (κ1) is 8.92. The van der Waals surface area contributed by atoms with E-state index in [1.54, 1.807) is 0 Å². The third-order valence-corrected chi connectivity index (χ3v) is 2.31. The summed E-state index contributed by atoms with van der Waals surface area (Å²) in [6.07, 6.45) is 1.45. The van der Waals surface area contributed by atoms with Gasteiger partial charge in [-0.25, -0.2) is 0 Å². The van der Waals surface area contributed by atoms with Crippen molar-refractivity contribution in [3.63, 3.8) is 0 Å². The Labute approximate surface area is 65.6 Å². The summed E-state index contributed by atoms with van der Waals surface area (Å²) >= 11 is 0. The number of nitrogens with one attached hydrogen (secondary N) is 1. The van der Waals surface area contributed by atoms with Gasteiger partial charge >= 0.3 is 10.3 Å². The molecular weight excluding hydrogens is 170 g/mol. The van der Waals surface area contributed by atoms with Gasteiger partial charge in [0.1, 0.15) is 0 Å². The van der Waals surface area contributed by atoms with Crippen LogP contribution < -0.4 is 4.72 Å². The van der Waals surface area contributed by atoms with Gasteiger partial charge in [-0.15, -0.1) is 0 Å². The van der Waals surface area contributed by atoms with Crippen molar-refractivity contribution in [2.75, 3.05) is 13.7 Å². The Kier molecular flexibility index (Phi) is 2.19. The highest BCUT2D eigenvalue weighted by Gasteiger charge is 2.45. The molecule has 0 aromatic heterocycles. The fourth-order valence-electron chi connectivity index (χ4n) is 0.977. The van der Waals surface area contributed by atoms with E-state index in [0.29, 0.717) is 6.61 Å². The van der Waals surface area contributed by atoms with Crippen LogP contribution in [0.1, 0.15) is 12.8 Å². The Hall–Kier alpha value is -0.170. The lowest BCUT2D eigenvalue weighted by molar-refractivity contribution is 0.165. The van der Waals surface area contributed by atoms with Crippen LogP contribution in [0.3, 0.4) is 0 Å². The van der Waals surface area contributed by atoms with Crippen molar-refractivity contribution in [1.29, 1.82) is 0 Å². The van der Waals surface area contributed by atoms with Crippen LogP contribution in [-0.2, 0) is 15.0 Å². The zero-order chi connectivity index (χ0) is 8.54. The minimum Gasteiger partial charge on any atom is -0.383 e. The Bertz CT molecular complexity index is 231. The first-order valence-electron chi connectivity index (χ1n) is 3.23. The van der Waals surface area contributed by atoms with E-state index in [9.17, 15) is 8.42 Å². The molecule has 0 atom stereocenters. The lowest BCUT2D eigenvalue weighted by Crippen LogP contribution is -2.39. The Morgan fingerprint density at radius 2 is 2.18 bits per heavy atom. The molecule has 1 aliphatic rings. The van der Waals surface area contributed by atoms with Crippen molar-refractivity contribution in [1.82, 2.24) is 4.72 Å². The van der Waals surface area contributed by atoms with Crippen LogP contribution in [0.25, 0.3) is 0 Å². The molecule has 1 aliphatic carbocycles. The van der Waals surface area contributed by atoms with E-state index in [0.717, 1.165) is 12.8 Å². The minimum absolute atomic E-state index is 0.312. The normalized spacial score (nSPS) is 21.6. The molecule has 2 N–H and O–H groups in total. The molecule has 5 nitrogen and oxygen atoms in total. The average Bonchev–Trinajstić information content (AvgIpc) is 2.44. The van der Waals surface area contributed by atoms with Gasteiger partial charge in [0, 0.05) is 7.11 Å². The number of methoxy groups -OCH3 is 1. The number of ether oxygens (including phenoxy) is 1. The van der Waals surface area contributed by atoms with Crippen LogP contribution in [0.5, 0.6) is 0 Å². The lowest BCUT2D eigenvalue weighted by atomic mass is 10.3. The van der Waals surface area contributed by atoms with Gasteiger partial charge in [-0.3, -0.25) is 4.55 Å². The molecule has 0 aromatic carbocycles. The van der Waals surface area contributed by atoms with Gasteiger partial charge in [0.25, 0.3) is 0 Å². The minimum atomic E-state index is -4.07. The SMILES string of the molecule is COCC1(NS(=O)(=O)O)CC1. The van der Waals surface area contributed by atoms with Gasteiger partial charge in [-0.2, -0.15) is 13.1 Å². The van der Waals surface area contributed by atoms with Crippen molar-refractivity contribution in [2.45, 2.75) is 18.4 Å². The summed E-state index contributed by atoms with van der Waals surface area (Å²) in [5, 5.41) is 0. The fraction of sp³-hybridized carbons (Fsp3) is 1.00. The van der Waals surface area contributed by atoms with Crippen molar-refractivity contribution < 1.29 is 17.7 Å². The molecule has 11 heavy (non-hydrogen) atoms. The van der Waals surface area contributed by atoms with E-state index in [2.05, 4.69) is 4.72 Å². The maximum atomic E-state index is 10.4. The fourth-order valence-corrected chi connectivity index (χ4v) is 1.79. The maximum Gasteiger partial charge on any atom is 0.333 e. The number of hydrogen-bond donors (Lipinski definition) is 2. The van der Waals surface area contributed by atoms with Gasteiger partial charge in [0.15, 0.2) is 0 Å². The zero-order valence-electron chi connectivity index (χ0n) is 6.20. The first-order chi connectivity index (χ1) is 4.97. The highest BCUT2D eigenvalue weighted by Crippen LogP contribution is 2.35. The molecule has 1 rings (SSSR count). The number of hydrogen-bond acceptors (Lipinski definition) is 3. The molecule has 0 saturated heterocycles. The molecule has 0 amide bonds. The molecule has 6 heteroatoms. The monoisotopic (exact) mass is 181 g/mol. The van der Waals surface area contributed by atoms with Crippen molar-refractivity contribution in [3.8, 4) is 0 Å². The third-order valence-electron chi connectivity index (χ3n) is 1.62. The van der Waals surface area contributed by atoms with Crippen molar-refractivity contribution in [3.05, 3.63) is 0 Å². The van der Waals surface area contributed by atoms with Crippen molar-refractivity contribution >= 4 is 10.3 Å². The van der Waals surface area contributed by atoms with Crippen molar-refractivity contribution in [2.24, 2.45) is 0 Å². The van der Waals surface area contributed by atoms with E-state index >= 15 is 0 Å². The highest BCUT2D eigenvalue weighted by molar-refractivity contribution is 7.83. The second-order valence-corrected chi connectivity index (χ2v) is 3.94. The van der Waals surface area contributed by atoms with Gasteiger partial charge < -0.3 is 4.74 Å². The van der Waals surface area contributed by atoms with Crippen LogP contribution >= 0.6 is 0 Å². The molecule has 0 heterocycles. The van der Waals surface area contributed by atoms with Gasteiger partial charge in [0.05, 0.1) is 12.1 Å². The second-order valence-electron chi connectivity index (χ2n) is 2.79. The standard InChI is InChI=1S/C5H11NO4S/c1-10-4-5(2-3-5)6-11(7,8)9/h6H,2-4H2,1H3,(H,7,8,9). The van der Waals surface area contributed by atoms with E-state index in [-0.39, 0.29) is 0 Å². The lowest BCUT2D eigenvalue weighted by Gasteiger charge is -2.12. The van der Waals surface area contributed by atoms with Gasteiger partial charge in [-0.05, 0) is 12.8 Å². The molecule has 0 radical (unpaired) electrons. The van der Waals surface area contributed by atoms with E-state index < -0.39 is 15.8 Å². The third kappa shape index (κ3) is 2.74. The molecule has 0 aromatic rings. The summed E-state index contributed by atoms with van der Waals surface area (Å²) in [7, 11) is -2.58. The van der Waals surface area contributed by atoms with Crippen LogP contribution in [0, 0.1) is 0 Å². The summed E-state index contributed by atoms with van der Waals surface area (Å²) in [4.78, 5) is 0. The molecule has 1 saturated carbocycles. The summed E-state index contributed by atoms with van der Waals surface area (Å²) in [5.41, 5.74) is -0.525. The van der Waals surface area contributed by atoms with E-state index in [4.69, 9.17) is 9.29 Å². The summed E-state index contributed by atoms with van der Waals surface area (Å²) in [5.74, 6) is 0. The molecule has 0 unspecified atom stereocenters. The van der Waals surface area contributed by atoms with Crippen LogP contribution in [0.2, 0.25) is 0 Å². The van der Waals surface area contributed by atoms with E-state index in [1.807, 2.05) is 0 Å². The van der Waals surface area contributed by atoms with Gasteiger partial charge in [-0.1, -0.05) is 0 Å². The summed E-state index contributed by atoms with van der Waals surface area (Å²) in [6.45, 7) is 0.312. The molecule has 0 bridgehead atoms. The zero-order valence-corrected chi connectivity index (χ0v) is 7.02. The Balaban J connectivity index is 2.48. The molecule has 0 spiro atoms. The smallest absolute Gasteiger partial charge is 0.333 e. The summed E-state index contributed by atoms with van der Waals surface area (Å²) < 4.78 is 36.0. The predicted octanol–water partition coefficient (Wildman–Crippen LogP) is -0.442. The quantitative estimate of drug-likeness (QED) is 0.576. The predicted molar refractivity (Wildman–Crippen MR) is 38.5 cm³/mol. The molecule has 66 valence electrons. The largest absolute Gasteiger partial charge is 0.383 e. The molecule has 0 aliphatic heterocycles. The average molecular weight is 181 g/mol.